The highest BCUT2D eigenvalue weighted by Gasteiger charge is 2.10. The first-order valence-corrected chi connectivity index (χ1v) is 10.4. The fraction of sp³-hybridized carbons (Fsp3) is 0.125. The Kier molecular flexibility index (Phi) is 5.49. The molecule has 0 saturated heterocycles. The van der Waals surface area contributed by atoms with Crippen LogP contribution in [0.15, 0.2) is 78.3 Å². The molecule has 4 nitrogen and oxygen atoms in total. The second kappa shape index (κ2) is 8.37. The maximum atomic E-state index is 12.6. The van der Waals surface area contributed by atoms with E-state index in [-0.39, 0.29) is 5.91 Å². The fourth-order valence-corrected chi connectivity index (χ4v) is 3.80. The average Bonchev–Trinajstić information content (AvgIpc) is 3.25. The Morgan fingerprint density at radius 2 is 1.79 bits per heavy atom. The van der Waals surface area contributed by atoms with E-state index in [4.69, 9.17) is 4.98 Å². The molecule has 0 bridgehead atoms. The molecule has 2 aromatic carbocycles. The predicted octanol–water partition coefficient (Wildman–Crippen LogP) is 6.25. The Morgan fingerprint density at radius 1 is 0.966 bits per heavy atom. The highest BCUT2D eigenvalue weighted by molar-refractivity contribution is 7.13. The van der Waals surface area contributed by atoms with Gasteiger partial charge in [-0.1, -0.05) is 44.2 Å². The van der Waals surface area contributed by atoms with Crippen molar-refractivity contribution in [3.8, 4) is 22.0 Å². The maximum absolute atomic E-state index is 12.6. The van der Waals surface area contributed by atoms with Crippen molar-refractivity contribution in [3.05, 3.63) is 89.4 Å². The van der Waals surface area contributed by atoms with Crippen LogP contribution >= 0.6 is 11.3 Å². The minimum absolute atomic E-state index is 0.120. The van der Waals surface area contributed by atoms with Crippen LogP contribution in [0, 0.1) is 0 Å². The third kappa shape index (κ3) is 4.41. The first-order chi connectivity index (χ1) is 14.1. The van der Waals surface area contributed by atoms with Gasteiger partial charge in [0.15, 0.2) is 0 Å². The van der Waals surface area contributed by atoms with E-state index in [1.54, 1.807) is 17.5 Å². The average molecular weight is 400 g/mol. The van der Waals surface area contributed by atoms with Gasteiger partial charge >= 0.3 is 0 Å². The van der Waals surface area contributed by atoms with Crippen LogP contribution in [-0.4, -0.2) is 15.9 Å². The van der Waals surface area contributed by atoms with Gasteiger partial charge in [-0.25, -0.2) is 4.98 Å². The first-order valence-electron chi connectivity index (χ1n) is 9.49. The zero-order valence-corrected chi connectivity index (χ0v) is 17.1. The van der Waals surface area contributed by atoms with E-state index in [9.17, 15) is 4.79 Å². The summed E-state index contributed by atoms with van der Waals surface area (Å²) in [5.74, 6) is 0.322. The van der Waals surface area contributed by atoms with Gasteiger partial charge in [0.25, 0.3) is 5.91 Å². The number of carbonyl (C=O) groups excluding carboxylic acids is 1. The molecule has 2 heterocycles. The second-order valence-electron chi connectivity index (χ2n) is 7.06. The number of nitrogens with zero attached hydrogens (tertiary/aromatic N) is 2. The van der Waals surface area contributed by atoms with E-state index in [2.05, 4.69) is 24.1 Å². The fourth-order valence-electron chi connectivity index (χ4n) is 2.99. The van der Waals surface area contributed by atoms with Crippen LogP contribution in [0.2, 0.25) is 0 Å². The number of thiazole rings is 1. The number of aromatic nitrogens is 2. The van der Waals surface area contributed by atoms with Crippen LogP contribution in [0.4, 0.5) is 5.69 Å². The van der Waals surface area contributed by atoms with Gasteiger partial charge in [-0.2, -0.15) is 0 Å². The summed E-state index contributed by atoms with van der Waals surface area (Å²) >= 11 is 1.56. The molecule has 1 amide bonds. The lowest BCUT2D eigenvalue weighted by molar-refractivity contribution is 0.102. The number of benzene rings is 2. The van der Waals surface area contributed by atoms with Crippen LogP contribution in [-0.2, 0) is 0 Å². The maximum Gasteiger partial charge on any atom is 0.255 e. The van der Waals surface area contributed by atoms with Crippen molar-refractivity contribution in [2.24, 2.45) is 0 Å². The molecule has 0 unspecified atom stereocenters. The van der Waals surface area contributed by atoms with Crippen molar-refractivity contribution in [2.45, 2.75) is 19.8 Å². The lowest BCUT2D eigenvalue weighted by Crippen LogP contribution is -2.11. The quantitative estimate of drug-likeness (QED) is 0.432. The van der Waals surface area contributed by atoms with E-state index in [1.807, 2.05) is 72.1 Å². The van der Waals surface area contributed by atoms with Crippen molar-refractivity contribution >= 4 is 22.9 Å². The number of pyridine rings is 1. The highest BCUT2D eigenvalue weighted by atomic mass is 32.1. The molecule has 29 heavy (non-hydrogen) atoms. The number of carbonyl (C=O) groups is 1. The third-order valence-corrected chi connectivity index (χ3v) is 5.51. The molecule has 0 aliphatic carbocycles. The molecule has 144 valence electrons. The SMILES string of the molecule is CC(C)c1ccc(C(=O)Nc2cccc(-c3csc(-c4ccccn4)n3)c2)cc1. The molecule has 2 aromatic heterocycles. The van der Waals surface area contributed by atoms with Gasteiger partial charge in [0, 0.05) is 28.4 Å². The smallest absolute Gasteiger partial charge is 0.255 e. The highest BCUT2D eigenvalue weighted by Crippen LogP contribution is 2.29. The van der Waals surface area contributed by atoms with Gasteiger partial charge in [-0.15, -0.1) is 11.3 Å². The molecular weight excluding hydrogens is 378 g/mol. The van der Waals surface area contributed by atoms with Crippen LogP contribution in [0.1, 0.15) is 35.7 Å². The van der Waals surface area contributed by atoms with Crippen LogP contribution < -0.4 is 5.32 Å². The monoisotopic (exact) mass is 399 g/mol. The number of hydrogen-bond donors (Lipinski definition) is 1. The molecule has 0 spiro atoms. The minimum atomic E-state index is -0.120. The van der Waals surface area contributed by atoms with E-state index < -0.39 is 0 Å². The molecule has 4 rings (SSSR count). The molecule has 4 aromatic rings. The summed E-state index contributed by atoms with van der Waals surface area (Å²) in [6, 6.07) is 21.3. The molecule has 0 radical (unpaired) electrons. The molecule has 0 atom stereocenters. The van der Waals surface area contributed by atoms with E-state index in [0.29, 0.717) is 11.5 Å². The van der Waals surface area contributed by atoms with E-state index in [1.165, 1.54) is 5.56 Å². The number of nitrogens with one attached hydrogen (secondary N) is 1. The molecule has 0 aliphatic heterocycles. The Morgan fingerprint density at radius 3 is 2.52 bits per heavy atom. The molecule has 5 heteroatoms. The molecule has 1 N–H and O–H groups in total. The van der Waals surface area contributed by atoms with Crippen molar-refractivity contribution < 1.29 is 4.79 Å². The van der Waals surface area contributed by atoms with E-state index >= 15 is 0 Å². The molecule has 0 saturated carbocycles. The van der Waals surface area contributed by atoms with Gasteiger partial charge in [0.2, 0.25) is 0 Å². The van der Waals surface area contributed by atoms with Gasteiger partial charge in [-0.3, -0.25) is 9.78 Å². The van der Waals surface area contributed by atoms with Crippen LogP contribution in [0.5, 0.6) is 0 Å². The Labute approximate surface area is 174 Å². The molecule has 0 fully saturated rings. The lowest BCUT2D eigenvalue weighted by Gasteiger charge is -2.09. The summed E-state index contributed by atoms with van der Waals surface area (Å²) in [6.07, 6.45) is 1.76. The summed E-state index contributed by atoms with van der Waals surface area (Å²) < 4.78 is 0. The lowest BCUT2D eigenvalue weighted by atomic mass is 10.0. The van der Waals surface area contributed by atoms with Gasteiger partial charge in [-0.05, 0) is 47.9 Å². The van der Waals surface area contributed by atoms with Gasteiger partial charge in [0.05, 0.1) is 11.4 Å². The summed E-state index contributed by atoms with van der Waals surface area (Å²) in [6.45, 7) is 4.27. The largest absolute Gasteiger partial charge is 0.322 e. The van der Waals surface area contributed by atoms with Crippen molar-refractivity contribution in [3.63, 3.8) is 0 Å². The summed E-state index contributed by atoms with van der Waals surface area (Å²) in [7, 11) is 0. The third-order valence-electron chi connectivity index (χ3n) is 4.64. The number of anilines is 1. The summed E-state index contributed by atoms with van der Waals surface area (Å²) in [5.41, 5.74) is 5.29. The number of rotatable bonds is 5. The predicted molar refractivity (Wildman–Crippen MR) is 119 cm³/mol. The Bertz CT molecular complexity index is 1120. The number of amides is 1. The molecular formula is C24H21N3OS. The second-order valence-corrected chi connectivity index (χ2v) is 7.92. The number of hydrogen-bond acceptors (Lipinski definition) is 4. The molecule has 0 aliphatic rings. The van der Waals surface area contributed by atoms with Gasteiger partial charge in [0.1, 0.15) is 5.01 Å². The van der Waals surface area contributed by atoms with Crippen LogP contribution in [0.3, 0.4) is 0 Å². The van der Waals surface area contributed by atoms with E-state index in [0.717, 1.165) is 27.6 Å². The standard InChI is InChI=1S/C24H21N3OS/c1-16(2)17-9-11-18(12-10-17)23(28)26-20-7-5-6-19(14-20)22-15-29-24(27-22)21-8-3-4-13-25-21/h3-16H,1-2H3,(H,26,28). The van der Waals surface area contributed by atoms with Crippen LogP contribution in [0.25, 0.3) is 22.0 Å². The normalized spacial score (nSPS) is 10.9. The van der Waals surface area contributed by atoms with Gasteiger partial charge < -0.3 is 5.32 Å². The minimum Gasteiger partial charge on any atom is -0.322 e. The van der Waals surface area contributed by atoms with Crippen molar-refractivity contribution in [1.29, 1.82) is 0 Å². The van der Waals surface area contributed by atoms with Crippen molar-refractivity contribution in [2.75, 3.05) is 5.32 Å². The van der Waals surface area contributed by atoms with Crippen molar-refractivity contribution in [1.82, 2.24) is 9.97 Å². The Hall–Kier alpha value is -3.31. The Balaban J connectivity index is 1.52. The topological polar surface area (TPSA) is 54.9 Å². The summed E-state index contributed by atoms with van der Waals surface area (Å²) in [4.78, 5) is 21.7. The zero-order valence-electron chi connectivity index (χ0n) is 16.3. The first kappa shape index (κ1) is 19.0. The zero-order chi connectivity index (χ0) is 20.2. The summed E-state index contributed by atoms with van der Waals surface area (Å²) in [5, 5.41) is 5.86.